The van der Waals surface area contributed by atoms with Gasteiger partial charge in [0.2, 0.25) is 0 Å². The number of rotatable bonds is 5. The first-order valence-corrected chi connectivity index (χ1v) is 6.64. The van der Waals surface area contributed by atoms with E-state index in [2.05, 4.69) is 40.3 Å². The Morgan fingerprint density at radius 1 is 1.50 bits per heavy atom. The smallest absolute Gasteiger partial charge is 0.0668 e. The number of halogens is 1. The van der Waals surface area contributed by atoms with E-state index in [0.717, 1.165) is 10.9 Å². The van der Waals surface area contributed by atoms with Crippen molar-refractivity contribution >= 4 is 15.9 Å². The standard InChI is InChI=1S/C13H18BrNO/c1-2-13(9-16,15-12-6-7-12)10-4-3-5-11(14)8-10/h3-5,8,12,15-16H,2,6-7,9H2,1H3. The van der Waals surface area contributed by atoms with Crippen LogP contribution in [0.15, 0.2) is 28.7 Å². The first-order chi connectivity index (χ1) is 7.70. The molecule has 1 saturated carbocycles. The normalized spacial score (nSPS) is 19.4. The Kier molecular flexibility index (Phi) is 3.67. The molecule has 1 aliphatic rings. The fourth-order valence-corrected chi connectivity index (χ4v) is 2.44. The maximum absolute atomic E-state index is 9.72. The number of aliphatic hydroxyl groups is 1. The third-order valence-corrected chi connectivity index (χ3v) is 3.80. The van der Waals surface area contributed by atoms with Crippen molar-refractivity contribution in [1.29, 1.82) is 0 Å². The lowest BCUT2D eigenvalue weighted by Crippen LogP contribution is -2.46. The van der Waals surface area contributed by atoms with Crippen molar-refractivity contribution in [2.75, 3.05) is 6.61 Å². The van der Waals surface area contributed by atoms with Crippen LogP contribution in [0.5, 0.6) is 0 Å². The lowest BCUT2D eigenvalue weighted by atomic mass is 9.88. The van der Waals surface area contributed by atoms with Gasteiger partial charge in [-0.25, -0.2) is 0 Å². The molecular weight excluding hydrogens is 266 g/mol. The molecule has 1 unspecified atom stereocenters. The Morgan fingerprint density at radius 2 is 2.25 bits per heavy atom. The molecule has 2 N–H and O–H groups in total. The van der Waals surface area contributed by atoms with Crippen LogP contribution in [0.3, 0.4) is 0 Å². The zero-order chi connectivity index (χ0) is 11.6. The van der Waals surface area contributed by atoms with Gasteiger partial charge in [0, 0.05) is 10.5 Å². The molecule has 2 nitrogen and oxygen atoms in total. The molecule has 88 valence electrons. The topological polar surface area (TPSA) is 32.3 Å². The molecule has 1 aliphatic carbocycles. The summed E-state index contributed by atoms with van der Waals surface area (Å²) < 4.78 is 1.06. The van der Waals surface area contributed by atoms with Crippen LogP contribution in [0.25, 0.3) is 0 Å². The zero-order valence-corrected chi connectivity index (χ0v) is 11.1. The molecule has 1 aromatic rings. The predicted octanol–water partition coefficient (Wildman–Crippen LogP) is 2.80. The number of nitrogens with one attached hydrogen (secondary N) is 1. The Morgan fingerprint density at radius 3 is 2.75 bits per heavy atom. The summed E-state index contributed by atoms with van der Waals surface area (Å²) >= 11 is 3.49. The van der Waals surface area contributed by atoms with Crippen LogP contribution in [0.4, 0.5) is 0 Å². The van der Waals surface area contributed by atoms with E-state index in [-0.39, 0.29) is 12.1 Å². The van der Waals surface area contributed by atoms with Gasteiger partial charge in [0.1, 0.15) is 0 Å². The summed E-state index contributed by atoms with van der Waals surface area (Å²) in [6.45, 7) is 2.27. The second kappa shape index (κ2) is 4.86. The van der Waals surface area contributed by atoms with E-state index in [9.17, 15) is 5.11 Å². The average Bonchev–Trinajstić information content (AvgIpc) is 3.10. The van der Waals surface area contributed by atoms with Crippen LogP contribution in [-0.4, -0.2) is 17.8 Å². The van der Waals surface area contributed by atoms with E-state index in [1.807, 2.05) is 12.1 Å². The molecule has 1 aromatic carbocycles. The highest BCUT2D eigenvalue weighted by Crippen LogP contribution is 2.32. The monoisotopic (exact) mass is 283 g/mol. The fourth-order valence-electron chi connectivity index (χ4n) is 2.04. The van der Waals surface area contributed by atoms with E-state index >= 15 is 0 Å². The minimum Gasteiger partial charge on any atom is -0.394 e. The van der Waals surface area contributed by atoms with Crippen molar-refractivity contribution < 1.29 is 5.11 Å². The van der Waals surface area contributed by atoms with Gasteiger partial charge in [-0.1, -0.05) is 35.0 Å². The van der Waals surface area contributed by atoms with Crippen LogP contribution >= 0.6 is 15.9 Å². The molecule has 3 heteroatoms. The molecule has 2 rings (SSSR count). The van der Waals surface area contributed by atoms with Gasteiger partial charge in [-0.3, -0.25) is 0 Å². The summed E-state index contributed by atoms with van der Waals surface area (Å²) in [4.78, 5) is 0. The number of hydrogen-bond donors (Lipinski definition) is 2. The van der Waals surface area contributed by atoms with Gasteiger partial charge in [0.25, 0.3) is 0 Å². The third-order valence-electron chi connectivity index (χ3n) is 3.31. The van der Waals surface area contributed by atoms with E-state index in [1.165, 1.54) is 18.4 Å². The van der Waals surface area contributed by atoms with Crippen molar-refractivity contribution in [3.05, 3.63) is 34.3 Å². The molecule has 0 bridgehead atoms. The van der Waals surface area contributed by atoms with Gasteiger partial charge in [-0.15, -0.1) is 0 Å². The number of hydrogen-bond acceptors (Lipinski definition) is 2. The molecular formula is C13H18BrNO. The highest BCUT2D eigenvalue weighted by atomic mass is 79.9. The first-order valence-electron chi connectivity index (χ1n) is 5.85. The second-order valence-corrected chi connectivity index (χ2v) is 5.44. The minimum absolute atomic E-state index is 0.149. The summed E-state index contributed by atoms with van der Waals surface area (Å²) in [7, 11) is 0. The van der Waals surface area contributed by atoms with Crippen LogP contribution in [-0.2, 0) is 5.54 Å². The molecule has 0 aliphatic heterocycles. The maximum Gasteiger partial charge on any atom is 0.0668 e. The van der Waals surface area contributed by atoms with Crippen molar-refractivity contribution in [3.8, 4) is 0 Å². The van der Waals surface area contributed by atoms with Crippen LogP contribution in [0.1, 0.15) is 31.7 Å². The van der Waals surface area contributed by atoms with E-state index in [1.54, 1.807) is 0 Å². The molecule has 0 heterocycles. The first kappa shape index (κ1) is 12.1. The Labute approximate surface area is 105 Å². The Hall–Kier alpha value is -0.380. The molecule has 0 aromatic heterocycles. The van der Waals surface area contributed by atoms with E-state index < -0.39 is 0 Å². The van der Waals surface area contributed by atoms with Gasteiger partial charge in [0.15, 0.2) is 0 Å². The van der Waals surface area contributed by atoms with Crippen molar-refractivity contribution in [2.45, 2.75) is 37.8 Å². The summed E-state index contributed by atoms with van der Waals surface area (Å²) in [5.41, 5.74) is 0.893. The van der Waals surface area contributed by atoms with Crippen LogP contribution < -0.4 is 5.32 Å². The predicted molar refractivity (Wildman–Crippen MR) is 69.4 cm³/mol. The summed E-state index contributed by atoms with van der Waals surface area (Å²) in [6, 6.07) is 8.80. The van der Waals surface area contributed by atoms with Crippen molar-refractivity contribution in [2.24, 2.45) is 0 Å². The highest BCUT2D eigenvalue weighted by Gasteiger charge is 2.35. The minimum atomic E-state index is -0.273. The van der Waals surface area contributed by atoms with Gasteiger partial charge in [-0.2, -0.15) is 0 Å². The van der Waals surface area contributed by atoms with E-state index in [0.29, 0.717) is 6.04 Å². The zero-order valence-electron chi connectivity index (χ0n) is 9.54. The third kappa shape index (κ3) is 2.47. The quantitative estimate of drug-likeness (QED) is 0.871. The van der Waals surface area contributed by atoms with E-state index in [4.69, 9.17) is 0 Å². The van der Waals surface area contributed by atoms with Crippen molar-refractivity contribution in [1.82, 2.24) is 5.32 Å². The number of benzene rings is 1. The lowest BCUT2D eigenvalue weighted by Gasteiger charge is -2.33. The van der Waals surface area contributed by atoms with Gasteiger partial charge < -0.3 is 10.4 Å². The second-order valence-electron chi connectivity index (χ2n) is 4.52. The molecule has 0 radical (unpaired) electrons. The lowest BCUT2D eigenvalue weighted by molar-refractivity contribution is 0.153. The van der Waals surface area contributed by atoms with Crippen LogP contribution in [0.2, 0.25) is 0 Å². The van der Waals surface area contributed by atoms with Crippen molar-refractivity contribution in [3.63, 3.8) is 0 Å². The summed E-state index contributed by atoms with van der Waals surface area (Å²) in [5.74, 6) is 0. The SMILES string of the molecule is CCC(CO)(NC1CC1)c1cccc(Br)c1. The molecule has 16 heavy (non-hydrogen) atoms. The largest absolute Gasteiger partial charge is 0.394 e. The Balaban J connectivity index is 2.28. The molecule has 1 atom stereocenters. The fraction of sp³-hybridized carbons (Fsp3) is 0.538. The molecule has 0 amide bonds. The Bertz CT molecular complexity index is 359. The van der Waals surface area contributed by atoms with Crippen LogP contribution in [0, 0.1) is 0 Å². The van der Waals surface area contributed by atoms with Gasteiger partial charge in [-0.05, 0) is 37.0 Å². The summed E-state index contributed by atoms with van der Waals surface area (Å²) in [5, 5.41) is 13.3. The van der Waals surface area contributed by atoms with Gasteiger partial charge in [0.05, 0.1) is 12.1 Å². The summed E-state index contributed by atoms with van der Waals surface area (Å²) in [6.07, 6.45) is 3.36. The average molecular weight is 284 g/mol. The van der Waals surface area contributed by atoms with Gasteiger partial charge >= 0.3 is 0 Å². The molecule has 1 fully saturated rings. The highest BCUT2D eigenvalue weighted by molar-refractivity contribution is 9.10. The maximum atomic E-state index is 9.72. The molecule has 0 saturated heterocycles. The number of aliphatic hydroxyl groups excluding tert-OH is 1. The molecule has 0 spiro atoms.